The van der Waals surface area contributed by atoms with E-state index >= 15 is 0 Å². The van der Waals surface area contributed by atoms with E-state index in [2.05, 4.69) is 59.3 Å². The molecule has 0 spiro atoms. The molecule has 0 saturated carbocycles. The van der Waals surface area contributed by atoms with Crippen molar-refractivity contribution < 1.29 is 0 Å². The number of aromatic nitrogens is 2. The summed E-state index contributed by atoms with van der Waals surface area (Å²) < 4.78 is 2.29. The Labute approximate surface area is 121 Å². The molecular weight excluding hydrogens is 246 g/mol. The maximum Gasteiger partial charge on any atom is 0.110 e. The first-order chi connectivity index (χ1) is 9.83. The molecule has 2 atom stereocenters. The highest BCUT2D eigenvalue weighted by molar-refractivity contribution is 5.41. The number of likely N-dealkylation sites (N-methyl/N-ethyl adjacent to an activating group) is 1. The number of nitrogens with one attached hydrogen (secondary N) is 1. The second-order valence-corrected chi connectivity index (χ2v) is 5.65. The van der Waals surface area contributed by atoms with Crippen LogP contribution in [0.5, 0.6) is 0 Å². The van der Waals surface area contributed by atoms with E-state index in [1.165, 1.54) is 23.4 Å². The van der Waals surface area contributed by atoms with Crippen LogP contribution >= 0.6 is 0 Å². The van der Waals surface area contributed by atoms with Gasteiger partial charge < -0.3 is 9.88 Å². The lowest BCUT2D eigenvalue weighted by atomic mass is 9.72. The van der Waals surface area contributed by atoms with E-state index in [9.17, 15) is 0 Å². The van der Waals surface area contributed by atoms with Crippen molar-refractivity contribution in [3.05, 3.63) is 53.6 Å². The summed E-state index contributed by atoms with van der Waals surface area (Å²) in [6, 6.07) is 9.28. The van der Waals surface area contributed by atoms with Crippen molar-refractivity contribution in [1.29, 1.82) is 0 Å². The van der Waals surface area contributed by atoms with Gasteiger partial charge in [0.2, 0.25) is 0 Å². The topological polar surface area (TPSA) is 29.9 Å². The summed E-state index contributed by atoms with van der Waals surface area (Å²) in [7, 11) is 2.07. The van der Waals surface area contributed by atoms with Gasteiger partial charge in [0.05, 0.1) is 0 Å². The molecule has 0 fully saturated rings. The highest BCUT2D eigenvalue weighted by atomic mass is 15.1. The third-order valence-corrected chi connectivity index (χ3v) is 4.42. The molecule has 0 aliphatic heterocycles. The summed E-state index contributed by atoms with van der Waals surface area (Å²) >= 11 is 0. The van der Waals surface area contributed by atoms with Crippen LogP contribution in [0, 0.1) is 0 Å². The second-order valence-electron chi connectivity index (χ2n) is 5.65. The number of fused-ring (bicyclic) bond motifs is 1. The van der Waals surface area contributed by atoms with E-state index < -0.39 is 0 Å². The maximum absolute atomic E-state index is 4.54. The minimum Gasteiger partial charge on any atom is -0.335 e. The number of hydrogen-bond acceptors (Lipinski definition) is 2. The van der Waals surface area contributed by atoms with Gasteiger partial charge in [-0.05, 0) is 31.0 Å². The molecular formula is C17H23N3. The number of hydrogen-bond donors (Lipinski definition) is 1. The first kappa shape index (κ1) is 13.4. The van der Waals surface area contributed by atoms with Gasteiger partial charge in [-0.1, -0.05) is 31.2 Å². The van der Waals surface area contributed by atoms with Crippen LogP contribution in [0.3, 0.4) is 0 Å². The van der Waals surface area contributed by atoms with Gasteiger partial charge in [0.1, 0.15) is 5.82 Å². The first-order valence-corrected chi connectivity index (χ1v) is 7.58. The molecule has 0 amide bonds. The van der Waals surface area contributed by atoms with Crippen molar-refractivity contribution in [2.75, 3.05) is 7.05 Å². The predicted molar refractivity (Wildman–Crippen MR) is 82.0 cm³/mol. The predicted octanol–water partition coefficient (Wildman–Crippen LogP) is 2.76. The quantitative estimate of drug-likeness (QED) is 0.874. The van der Waals surface area contributed by atoms with E-state index in [0.717, 1.165) is 19.4 Å². The number of nitrogens with zero attached hydrogens (tertiary/aromatic N) is 2. The van der Waals surface area contributed by atoms with Gasteiger partial charge in [-0.25, -0.2) is 4.98 Å². The molecule has 0 saturated heterocycles. The molecule has 1 aromatic heterocycles. The van der Waals surface area contributed by atoms with Crippen molar-refractivity contribution in [1.82, 2.24) is 14.9 Å². The molecule has 1 aliphatic rings. The van der Waals surface area contributed by atoms with E-state index in [1.807, 2.05) is 6.20 Å². The highest BCUT2D eigenvalue weighted by Crippen LogP contribution is 2.38. The SMILES string of the molecule is CCCn1ccnc1CC(NC)C1Cc2ccccc21. The Hall–Kier alpha value is -1.61. The lowest BCUT2D eigenvalue weighted by Crippen LogP contribution is -2.40. The third-order valence-electron chi connectivity index (χ3n) is 4.42. The van der Waals surface area contributed by atoms with Crippen molar-refractivity contribution in [2.24, 2.45) is 0 Å². The molecule has 1 N–H and O–H groups in total. The van der Waals surface area contributed by atoms with Crippen LogP contribution in [0.2, 0.25) is 0 Å². The summed E-state index contributed by atoms with van der Waals surface area (Å²) in [4.78, 5) is 4.54. The van der Waals surface area contributed by atoms with E-state index in [-0.39, 0.29) is 0 Å². The summed E-state index contributed by atoms with van der Waals surface area (Å²) in [6.07, 6.45) is 7.37. The fourth-order valence-corrected chi connectivity index (χ4v) is 3.27. The standard InChI is InChI=1S/C17H23N3/c1-3-9-20-10-8-19-17(20)12-16(18-2)15-11-13-6-4-5-7-14(13)15/h4-8,10,15-16,18H,3,9,11-12H2,1-2H3. The van der Waals surface area contributed by atoms with Gasteiger partial charge in [0, 0.05) is 37.3 Å². The normalized spacial score (nSPS) is 18.4. The Kier molecular flexibility index (Phi) is 3.88. The molecule has 106 valence electrons. The molecule has 3 nitrogen and oxygen atoms in total. The zero-order valence-electron chi connectivity index (χ0n) is 12.3. The van der Waals surface area contributed by atoms with Crippen LogP contribution in [0.15, 0.2) is 36.7 Å². The smallest absolute Gasteiger partial charge is 0.110 e. The minimum atomic E-state index is 0.475. The second kappa shape index (κ2) is 5.80. The van der Waals surface area contributed by atoms with Gasteiger partial charge in [-0.2, -0.15) is 0 Å². The zero-order valence-corrected chi connectivity index (χ0v) is 12.3. The van der Waals surface area contributed by atoms with Crippen molar-refractivity contribution >= 4 is 0 Å². The Morgan fingerprint density at radius 1 is 1.40 bits per heavy atom. The molecule has 1 aliphatic carbocycles. The van der Waals surface area contributed by atoms with Gasteiger partial charge in [-0.3, -0.25) is 0 Å². The van der Waals surface area contributed by atoms with E-state index in [0.29, 0.717) is 12.0 Å². The van der Waals surface area contributed by atoms with E-state index in [4.69, 9.17) is 0 Å². The van der Waals surface area contributed by atoms with Crippen molar-refractivity contribution in [2.45, 2.75) is 44.7 Å². The average molecular weight is 269 g/mol. The fraction of sp³-hybridized carbons (Fsp3) is 0.471. The number of rotatable bonds is 6. The Bertz CT molecular complexity index is 573. The minimum absolute atomic E-state index is 0.475. The molecule has 0 radical (unpaired) electrons. The van der Waals surface area contributed by atoms with E-state index in [1.54, 1.807) is 0 Å². The summed E-state index contributed by atoms with van der Waals surface area (Å²) in [5.74, 6) is 1.83. The highest BCUT2D eigenvalue weighted by Gasteiger charge is 2.32. The molecule has 1 heterocycles. The molecule has 20 heavy (non-hydrogen) atoms. The molecule has 3 heteroatoms. The number of aryl methyl sites for hydroxylation is 1. The molecule has 2 unspecified atom stereocenters. The largest absolute Gasteiger partial charge is 0.335 e. The lowest BCUT2D eigenvalue weighted by Gasteiger charge is -2.36. The van der Waals surface area contributed by atoms with Crippen LogP contribution in [-0.2, 0) is 19.4 Å². The van der Waals surface area contributed by atoms with Crippen molar-refractivity contribution in [3.8, 4) is 0 Å². The van der Waals surface area contributed by atoms with Gasteiger partial charge in [0.25, 0.3) is 0 Å². The lowest BCUT2D eigenvalue weighted by molar-refractivity contribution is 0.410. The molecule has 3 rings (SSSR count). The Morgan fingerprint density at radius 3 is 3.00 bits per heavy atom. The third kappa shape index (κ3) is 2.38. The zero-order chi connectivity index (χ0) is 13.9. The summed E-state index contributed by atoms with van der Waals surface area (Å²) in [5, 5.41) is 3.50. The maximum atomic E-state index is 4.54. The van der Waals surface area contributed by atoms with Crippen LogP contribution in [0.4, 0.5) is 0 Å². The fourth-order valence-electron chi connectivity index (χ4n) is 3.27. The average Bonchev–Trinajstić information content (AvgIpc) is 2.87. The van der Waals surface area contributed by atoms with Gasteiger partial charge in [0.15, 0.2) is 0 Å². The number of benzene rings is 1. The first-order valence-electron chi connectivity index (χ1n) is 7.58. The Balaban J connectivity index is 1.74. The van der Waals surface area contributed by atoms with Crippen LogP contribution in [-0.4, -0.2) is 22.6 Å². The Morgan fingerprint density at radius 2 is 2.25 bits per heavy atom. The van der Waals surface area contributed by atoms with Gasteiger partial charge >= 0.3 is 0 Å². The monoisotopic (exact) mass is 269 g/mol. The van der Waals surface area contributed by atoms with Crippen LogP contribution in [0.25, 0.3) is 0 Å². The van der Waals surface area contributed by atoms with Crippen LogP contribution < -0.4 is 5.32 Å². The molecule has 0 bridgehead atoms. The van der Waals surface area contributed by atoms with Gasteiger partial charge in [-0.15, -0.1) is 0 Å². The summed E-state index contributed by atoms with van der Waals surface area (Å²) in [6.45, 7) is 3.27. The van der Waals surface area contributed by atoms with Crippen molar-refractivity contribution in [3.63, 3.8) is 0 Å². The molecule has 2 aromatic rings. The van der Waals surface area contributed by atoms with Crippen LogP contribution in [0.1, 0.15) is 36.2 Å². The summed E-state index contributed by atoms with van der Waals surface area (Å²) in [5.41, 5.74) is 3.02. The molecule has 1 aromatic carbocycles. The number of imidazole rings is 1.